The van der Waals surface area contributed by atoms with Crippen molar-refractivity contribution in [3.63, 3.8) is 0 Å². The molecule has 0 aliphatic heterocycles. The number of furan rings is 1. The maximum atomic E-state index is 12.7. The Morgan fingerprint density at radius 3 is 2.72 bits per heavy atom. The Bertz CT molecular complexity index is 823. The number of benzene rings is 1. The average molecular weight is 337 g/mol. The Morgan fingerprint density at radius 2 is 2.00 bits per heavy atom. The first kappa shape index (κ1) is 15.6. The fourth-order valence-electron chi connectivity index (χ4n) is 2.81. The number of carbonyl (C=O) groups excluding carboxylic acids is 1. The van der Waals surface area contributed by atoms with Crippen LogP contribution in [0.15, 0.2) is 57.7 Å². The van der Waals surface area contributed by atoms with Crippen LogP contribution in [-0.4, -0.2) is 27.0 Å². The summed E-state index contributed by atoms with van der Waals surface area (Å²) in [7, 11) is 0. The van der Waals surface area contributed by atoms with Crippen molar-refractivity contribution in [1.82, 2.24) is 15.0 Å². The van der Waals surface area contributed by atoms with Crippen molar-refractivity contribution < 1.29 is 13.7 Å². The first-order chi connectivity index (χ1) is 12.3. The van der Waals surface area contributed by atoms with E-state index in [1.807, 2.05) is 23.1 Å². The molecule has 1 amide bonds. The van der Waals surface area contributed by atoms with Gasteiger partial charge in [0.2, 0.25) is 17.6 Å². The van der Waals surface area contributed by atoms with Crippen LogP contribution < -0.4 is 0 Å². The summed E-state index contributed by atoms with van der Waals surface area (Å²) in [4.78, 5) is 18.9. The SMILES string of the molecule is O=C(CCc1nc(-c2ccco2)no1)N(Cc1ccccc1)C1CC1. The van der Waals surface area contributed by atoms with Crippen LogP contribution in [0, 0.1) is 0 Å². The largest absolute Gasteiger partial charge is 0.461 e. The van der Waals surface area contributed by atoms with Crippen LogP contribution in [0.3, 0.4) is 0 Å². The summed E-state index contributed by atoms with van der Waals surface area (Å²) in [6.45, 7) is 0.659. The van der Waals surface area contributed by atoms with Crippen molar-refractivity contribution in [2.45, 2.75) is 38.3 Å². The molecule has 1 saturated carbocycles. The minimum Gasteiger partial charge on any atom is -0.461 e. The summed E-state index contributed by atoms with van der Waals surface area (Å²) in [5.41, 5.74) is 1.15. The number of amides is 1. The Morgan fingerprint density at radius 1 is 1.16 bits per heavy atom. The second-order valence-corrected chi connectivity index (χ2v) is 6.23. The molecular weight excluding hydrogens is 318 g/mol. The zero-order valence-electron chi connectivity index (χ0n) is 13.8. The number of aromatic nitrogens is 2. The van der Waals surface area contributed by atoms with Gasteiger partial charge in [-0.2, -0.15) is 4.98 Å². The molecule has 25 heavy (non-hydrogen) atoms. The van der Waals surface area contributed by atoms with E-state index in [1.54, 1.807) is 18.4 Å². The van der Waals surface area contributed by atoms with Gasteiger partial charge in [-0.15, -0.1) is 0 Å². The smallest absolute Gasteiger partial charge is 0.238 e. The zero-order chi connectivity index (χ0) is 17.1. The molecule has 1 aromatic carbocycles. The predicted molar refractivity (Wildman–Crippen MR) is 90.3 cm³/mol. The molecule has 3 aromatic rings. The predicted octanol–water partition coefficient (Wildman–Crippen LogP) is 3.45. The van der Waals surface area contributed by atoms with Crippen LogP contribution in [0.25, 0.3) is 11.6 Å². The van der Waals surface area contributed by atoms with Gasteiger partial charge in [0.05, 0.1) is 6.26 Å². The van der Waals surface area contributed by atoms with Crippen molar-refractivity contribution in [1.29, 1.82) is 0 Å². The average Bonchev–Trinajstić information content (AvgIpc) is 3.12. The van der Waals surface area contributed by atoms with Gasteiger partial charge in [-0.05, 0) is 30.5 Å². The number of carbonyl (C=O) groups is 1. The molecule has 0 atom stereocenters. The second kappa shape index (κ2) is 6.93. The van der Waals surface area contributed by atoms with Gasteiger partial charge in [0.25, 0.3) is 0 Å². The highest BCUT2D eigenvalue weighted by Crippen LogP contribution is 2.29. The molecule has 6 heteroatoms. The number of rotatable bonds is 7. The highest BCUT2D eigenvalue weighted by molar-refractivity contribution is 5.77. The molecule has 0 N–H and O–H groups in total. The third-order valence-corrected chi connectivity index (χ3v) is 4.27. The van der Waals surface area contributed by atoms with E-state index >= 15 is 0 Å². The highest BCUT2D eigenvalue weighted by Gasteiger charge is 2.32. The van der Waals surface area contributed by atoms with Gasteiger partial charge in [0, 0.05) is 25.4 Å². The molecule has 1 fully saturated rings. The van der Waals surface area contributed by atoms with Crippen LogP contribution in [0.2, 0.25) is 0 Å². The van der Waals surface area contributed by atoms with Crippen molar-refractivity contribution in [3.05, 3.63) is 60.2 Å². The van der Waals surface area contributed by atoms with Crippen LogP contribution in [0.5, 0.6) is 0 Å². The van der Waals surface area contributed by atoms with E-state index in [9.17, 15) is 4.79 Å². The van der Waals surface area contributed by atoms with Crippen molar-refractivity contribution in [2.24, 2.45) is 0 Å². The summed E-state index contributed by atoms with van der Waals surface area (Å²) in [5, 5.41) is 3.89. The van der Waals surface area contributed by atoms with Gasteiger partial charge in [0.1, 0.15) is 0 Å². The molecule has 4 rings (SSSR count). The van der Waals surface area contributed by atoms with E-state index in [2.05, 4.69) is 22.3 Å². The minimum atomic E-state index is 0.129. The molecule has 1 aliphatic rings. The van der Waals surface area contributed by atoms with Crippen molar-refractivity contribution in [3.8, 4) is 11.6 Å². The van der Waals surface area contributed by atoms with Gasteiger partial charge < -0.3 is 13.8 Å². The number of hydrogen-bond acceptors (Lipinski definition) is 5. The normalized spacial score (nSPS) is 13.8. The zero-order valence-corrected chi connectivity index (χ0v) is 13.8. The Hall–Kier alpha value is -2.89. The van der Waals surface area contributed by atoms with Gasteiger partial charge in [-0.3, -0.25) is 4.79 Å². The van der Waals surface area contributed by atoms with E-state index in [0.29, 0.717) is 42.9 Å². The topological polar surface area (TPSA) is 72.4 Å². The molecule has 2 aromatic heterocycles. The van der Waals surface area contributed by atoms with Crippen LogP contribution in [0.4, 0.5) is 0 Å². The monoisotopic (exact) mass is 337 g/mol. The first-order valence-electron chi connectivity index (χ1n) is 8.49. The van der Waals surface area contributed by atoms with Crippen molar-refractivity contribution in [2.75, 3.05) is 0 Å². The van der Waals surface area contributed by atoms with E-state index < -0.39 is 0 Å². The summed E-state index contributed by atoms with van der Waals surface area (Å²) in [6.07, 6.45) is 4.53. The highest BCUT2D eigenvalue weighted by atomic mass is 16.5. The van der Waals surface area contributed by atoms with Gasteiger partial charge >= 0.3 is 0 Å². The van der Waals surface area contributed by atoms with Crippen LogP contribution in [-0.2, 0) is 17.8 Å². The first-order valence-corrected chi connectivity index (χ1v) is 8.49. The van der Waals surface area contributed by atoms with E-state index in [4.69, 9.17) is 8.94 Å². The van der Waals surface area contributed by atoms with Gasteiger partial charge in [-0.1, -0.05) is 35.5 Å². The molecule has 128 valence electrons. The van der Waals surface area contributed by atoms with E-state index in [1.165, 1.54) is 0 Å². The minimum absolute atomic E-state index is 0.129. The number of hydrogen-bond donors (Lipinski definition) is 0. The molecule has 1 aliphatic carbocycles. The third-order valence-electron chi connectivity index (χ3n) is 4.27. The molecule has 2 heterocycles. The number of aryl methyl sites for hydroxylation is 1. The van der Waals surface area contributed by atoms with E-state index in [-0.39, 0.29) is 5.91 Å². The maximum absolute atomic E-state index is 12.7. The molecule has 0 radical (unpaired) electrons. The van der Waals surface area contributed by atoms with Gasteiger partial charge in [0.15, 0.2) is 5.76 Å². The fraction of sp³-hybridized carbons (Fsp3) is 0.316. The Balaban J connectivity index is 1.37. The third kappa shape index (κ3) is 3.79. The summed E-state index contributed by atoms with van der Waals surface area (Å²) >= 11 is 0. The Labute approximate surface area is 145 Å². The molecular formula is C19H19N3O3. The quantitative estimate of drug-likeness (QED) is 0.660. The molecule has 0 unspecified atom stereocenters. The number of nitrogens with zero attached hydrogens (tertiary/aromatic N) is 3. The molecule has 0 spiro atoms. The summed E-state index contributed by atoms with van der Waals surface area (Å²) in [5.74, 6) is 1.56. The second-order valence-electron chi connectivity index (χ2n) is 6.23. The Kier molecular flexibility index (Phi) is 4.33. The lowest BCUT2D eigenvalue weighted by atomic mass is 10.2. The van der Waals surface area contributed by atoms with Gasteiger partial charge in [-0.25, -0.2) is 0 Å². The summed E-state index contributed by atoms with van der Waals surface area (Å²) < 4.78 is 10.5. The summed E-state index contributed by atoms with van der Waals surface area (Å²) in [6, 6.07) is 14.0. The van der Waals surface area contributed by atoms with Crippen LogP contribution >= 0.6 is 0 Å². The van der Waals surface area contributed by atoms with Crippen LogP contribution in [0.1, 0.15) is 30.7 Å². The molecule has 0 bridgehead atoms. The van der Waals surface area contributed by atoms with E-state index in [0.717, 1.165) is 18.4 Å². The lowest BCUT2D eigenvalue weighted by molar-refractivity contribution is -0.132. The maximum Gasteiger partial charge on any atom is 0.238 e. The standard InChI is InChI=1S/C19H19N3O3/c23-18(22(15-8-9-15)13-14-5-2-1-3-6-14)11-10-17-20-19(21-25-17)16-7-4-12-24-16/h1-7,12,15H,8-11,13H2. The lowest BCUT2D eigenvalue weighted by Gasteiger charge is -2.22. The fourth-order valence-corrected chi connectivity index (χ4v) is 2.81. The van der Waals surface area contributed by atoms with Crippen molar-refractivity contribution >= 4 is 5.91 Å². The molecule has 6 nitrogen and oxygen atoms in total. The molecule has 0 saturated heterocycles. The lowest BCUT2D eigenvalue weighted by Crippen LogP contribution is -2.32.